The second-order valence-corrected chi connectivity index (χ2v) is 26.3. The van der Waals surface area contributed by atoms with Gasteiger partial charge in [0.1, 0.15) is 57.8 Å². The highest BCUT2D eigenvalue weighted by Gasteiger charge is 2.36. The number of anilines is 3. The van der Waals surface area contributed by atoms with Crippen molar-refractivity contribution in [2.24, 2.45) is 0 Å². The molecule has 560 valence electrons. The third-order valence-electron chi connectivity index (χ3n) is 11.8. The Morgan fingerprint density at radius 1 is 0.515 bits per heavy atom. The van der Waals surface area contributed by atoms with Gasteiger partial charge < -0.3 is 75.0 Å². The maximum Gasteiger partial charge on any atom is 0.415 e. The number of hydrogen-bond donors (Lipinski definition) is 8. The molecule has 6 rings (SSSR count). The number of carbonyl (C=O) groups is 16. The molecule has 3 atom stereocenters. The molecule has 3 aromatic rings. The molecule has 2 saturated heterocycles. The lowest BCUT2D eigenvalue weighted by Crippen LogP contribution is -2.75. The van der Waals surface area contributed by atoms with Gasteiger partial charge in [0, 0.05) is 75.7 Å². The molecule has 3 aliphatic rings. The number of nitrogens with one attached hydrogen (secondary N) is 7. The first-order chi connectivity index (χ1) is 47.6. The van der Waals surface area contributed by atoms with Gasteiger partial charge in [0.05, 0.1) is 13.3 Å². The lowest BCUT2D eigenvalue weighted by atomic mass is 10.1. The van der Waals surface area contributed by atoms with Gasteiger partial charge in [0.2, 0.25) is 23.4 Å². The van der Waals surface area contributed by atoms with Crippen LogP contribution in [0.4, 0.5) is 31.4 Å². The van der Waals surface area contributed by atoms with Crippen molar-refractivity contribution in [1.82, 2.24) is 21.0 Å². The van der Waals surface area contributed by atoms with Crippen molar-refractivity contribution in [2.75, 3.05) is 16.0 Å². The number of esters is 5. The van der Waals surface area contributed by atoms with E-state index in [2.05, 4.69) is 41.6 Å². The smallest absolute Gasteiger partial charge is 0.415 e. The predicted octanol–water partition coefficient (Wildman–Crippen LogP) is 6.24. The molecule has 8 N–H and O–H groups in total. The summed E-state index contributed by atoms with van der Waals surface area (Å²) in [6, 6.07) is 15.8. The lowest BCUT2D eigenvalue weighted by molar-refractivity contribution is -0.373. The Bertz CT molecular complexity index is 3610. The maximum atomic E-state index is 12.5. The number of phenols is 1. The van der Waals surface area contributed by atoms with Gasteiger partial charge in [-0.1, -0.05) is 0 Å². The molecule has 3 unspecified atom stereocenters. The molecule has 2 heterocycles. The zero-order chi connectivity index (χ0) is 78.2. The van der Waals surface area contributed by atoms with Gasteiger partial charge in [0.25, 0.3) is 11.8 Å². The first kappa shape index (κ1) is 87.4. The van der Waals surface area contributed by atoms with Crippen LogP contribution in [0.25, 0.3) is 0 Å². The number of imide groups is 1. The second kappa shape index (κ2) is 41.2. The Kier molecular flexibility index (Phi) is 34.9. The van der Waals surface area contributed by atoms with Gasteiger partial charge in [-0.15, -0.1) is 5.06 Å². The fourth-order valence-electron chi connectivity index (χ4n) is 7.79. The van der Waals surface area contributed by atoms with Crippen molar-refractivity contribution in [3.63, 3.8) is 0 Å². The van der Waals surface area contributed by atoms with Crippen LogP contribution in [0.1, 0.15) is 162 Å². The highest BCUT2D eigenvalue weighted by atomic mass is 16.7. The third-order valence-corrected chi connectivity index (χ3v) is 11.8. The Labute approximate surface area is 594 Å². The van der Waals surface area contributed by atoms with Crippen molar-refractivity contribution in [3.8, 4) is 17.2 Å². The number of carbonyl (C=O) groups excluding carboxylic acids is 16. The quantitative estimate of drug-likeness (QED) is 0.0125. The SMILES string of the molecule is CC(=O)Nc1ccc(O)cc1.CC(=O)Nc1ccc(OC(=O)CCC(NC(=O)OC(C)(C)C)C(=O)OC(C)(C)C)cc1.CC(=O)Nc1ccc(OC(=O)CCC2NC(=O)OC2=O)cc1.CC(=O)[NH+]=C1C=CC(=O)C=C1.CC(C)(C)OC(=O)NC(CCC(=O)ON1C(=O)CCC1=O)C(=O)OC(C)(C)C. The molecule has 0 spiro atoms. The number of alkyl carbamates (subject to hydrolysis) is 3. The zero-order valence-corrected chi connectivity index (χ0v) is 60.3. The summed E-state index contributed by atoms with van der Waals surface area (Å²) < 4.78 is 35.5. The van der Waals surface area contributed by atoms with E-state index in [1.807, 2.05) is 0 Å². The minimum Gasteiger partial charge on any atom is -0.508 e. The fourth-order valence-corrected chi connectivity index (χ4v) is 7.79. The van der Waals surface area contributed by atoms with E-state index in [0.29, 0.717) is 33.6 Å². The van der Waals surface area contributed by atoms with Gasteiger partial charge in [-0.2, -0.15) is 4.99 Å². The number of hydrogen-bond acceptors (Lipinski definition) is 25. The summed E-state index contributed by atoms with van der Waals surface area (Å²) in [5.41, 5.74) is -0.598. The minimum atomic E-state index is -1.17. The summed E-state index contributed by atoms with van der Waals surface area (Å²) in [5.74, 6) is -5.27. The predicted molar refractivity (Wildman–Crippen MR) is 366 cm³/mol. The normalized spacial score (nSPS) is 14.2. The van der Waals surface area contributed by atoms with E-state index in [1.54, 1.807) is 132 Å². The molecule has 9 amide bonds. The van der Waals surface area contributed by atoms with Crippen LogP contribution < -0.4 is 46.4 Å². The van der Waals surface area contributed by atoms with Crippen LogP contribution in [-0.2, 0) is 90.9 Å². The largest absolute Gasteiger partial charge is 0.508 e. The van der Waals surface area contributed by atoms with Crippen LogP contribution in [0.15, 0.2) is 97.1 Å². The van der Waals surface area contributed by atoms with Gasteiger partial charge in [-0.05, 0) is 187 Å². The fraction of sp³-hybridized carbons (Fsp3) is 0.443. The summed E-state index contributed by atoms with van der Waals surface area (Å²) in [6.07, 6.45) is 2.86. The molecule has 103 heavy (non-hydrogen) atoms. The minimum absolute atomic E-state index is 0.0210. The van der Waals surface area contributed by atoms with Crippen LogP contribution in [0.5, 0.6) is 17.2 Å². The third kappa shape index (κ3) is 40.2. The number of rotatable bonds is 19. The van der Waals surface area contributed by atoms with Gasteiger partial charge in [-0.25, -0.2) is 38.4 Å². The van der Waals surface area contributed by atoms with Crippen LogP contribution in [0.3, 0.4) is 0 Å². The molecule has 3 aromatic carbocycles. The van der Waals surface area contributed by atoms with E-state index in [1.165, 1.54) is 76.2 Å². The molecule has 0 saturated carbocycles. The Morgan fingerprint density at radius 2 is 0.874 bits per heavy atom. The molecule has 33 heteroatoms. The van der Waals surface area contributed by atoms with Crippen molar-refractivity contribution < 1.29 is 125 Å². The molecule has 0 bridgehead atoms. The first-order valence-corrected chi connectivity index (χ1v) is 31.9. The number of amides is 9. The highest BCUT2D eigenvalue weighted by molar-refractivity contribution is 6.15. The van der Waals surface area contributed by atoms with Crippen molar-refractivity contribution >= 4 is 118 Å². The monoisotopic (exact) mass is 1440 g/mol. The van der Waals surface area contributed by atoms with Crippen molar-refractivity contribution in [3.05, 3.63) is 97.1 Å². The first-order valence-electron chi connectivity index (χ1n) is 31.9. The number of benzene rings is 3. The number of ether oxygens (including phenoxy) is 7. The Hall–Kier alpha value is -11.7. The number of cyclic esters (lactones) is 2. The number of allylic oxidation sites excluding steroid dienone is 4. The lowest BCUT2D eigenvalue weighted by Gasteiger charge is -2.26. The van der Waals surface area contributed by atoms with Crippen LogP contribution >= 0.6 is 0 Å². The van der Waals surface area contributed by atoms with Crippen LogP contribution in [0, 0.1) is 0 Å². The van der Waals surface area contributed by atoms with E-state index in [-0.39, 0.29) is 92.3 Å². The molecule has 1 aliphatic carbocycles. The van der Waals surface area contributed by atoms with Gasteiger partial charge in [-0.3, -0.25) is 38.4 Å². The van der Waals surface area contributed by atoms with Crippen LogP contribution in [-0.4, -0.2) is 152 Å². The number of hydroxylamine groups is 2. The van der Waals surface area contributed by atoms with Crippen molar-refractivity contribution in [1.29, 1.82) is 0 Å². The average molecular weight is 1440 g/mol. The summed E-state index contributed by atoms with van der Waals surface area (Å²) >= 11 is 0. The van der Waals surface area contributed by atoms with E-state index in [4.69, 9.17) is 38.4 Å². The standard InChI is InChI=1S/C22H32N2O7.C18H28N2O8.C14H14N2O6.C8H9NO2.C8H7NO2/c1-14(25)23-15-8-10-16(11-9-15)29-18(26)13-12-17(19(27)30-21(2,3)4)24-20(28)31-22(5,6)7;1-17(2,3)26-15(24)11(19-16(25)27-18(4,5)6)7-10-14(23)28-20-12(21)8-9-13(20)22;1-8(17)15-9-2-4-10(5-3-9)21-12(18)7-6-11-13(19)22-14(20)16-11;2*1-6(10)9-7-2-4-8(11)5-3-7/h8-11,17H,12-13H2,1-7H3,(H,23,25)(H,24,28);11H,7-10H2,1-6H3,(H,19,25);2-5,11H,6-7H2,1H3,(H,15,17)(H,16,20);2-5,11H,1H3,(H,9,10);2-5H,1H3/p+1. The van der Waals surface area contributed by atoms with Gasteiger partial charge >= 0.3 is 60.0 Å². The summed E-state index contributed by atoms with van der Waals surface area (Å²) in [5, 5.41) is 24.2. The summed E-state index contributed by atoms with van der Waals surface area (Å²) in [6.45, 7) is 25.8. The molecule has 2 fully saturated rings. The molecule has 33 nitrogen and oxygen atoms in total. The molecule has 0 radical (unpaired) electrons. The Morgan fingerprint density at radius 3 is 1.21 bits per heavy atom. The average Bonchev–Trinajstić information content (AvgIpc) is 1.79. The number of ketones is 1. The highest BCUT2D eigenvalue weighted by Crippen LogP contribution is 2.22. The zero-order valence-electron chi connectivity index (χ0n) is 60.3. The second-order valence-electron chi connectivity index (χ2n) is 26.3. The van der Waals surface area contributed by atoms with Crippen molar-refractivity contribution in [2.45, 2.75) is 203 Å². The summed E-state index contributed by atoms with van der Waals surface area (Å²) in [7, 11) is 0. The van der Waals surface area contributed by atoms with E-state index >= 15 is 0 Å². The molecular formula is C70H91N8O25+. The molecule has 2 aliphatic heterocycles. The number of phenolic OH excluding ortho intramolecular Hbond substituents is 1. The van der Waals surface area contributed by atoms with E-state index in [9.17, 15) is 76.7 Å². The molecular weight excluding hydrogens is 1350 g/mol. The van der Waals surface area contributed by atoms with E-state index < -0.39 is 106 Å². The van der Waals surface area contributed by atoms with Gasteiger partial charge in [0.15, 0.2) is 5.78 Å². The number of nitrogens with zero attached hydrogens (tertiary/aromatic N) is 1. The number of aromatic hydroxyl groups is 1. The maximum absolute atomic E-state index is 12.5. The Balaban J connectivity index is 0.000000460. The van der Waals surface area contributed by atoms with E-state index in [0.717, 1.165) is 0 Å². The van der Waals surface area contributed by atoms with Crippen LogP contribution in [0.2, 0.25) is 0 Å². The topological polar surface area (TPSA) is 457 Å². The summed E-state index contributed by atoms with van der Waals surface area (Å²) in [4.78, 5) is 191. The molecule has 0 aromatic heterocycles.